The molecule has 11 heteroatoms. The number of aliphatic hydroxyl groups excluding tert-OH is 2. The second-order valence-corrected chi connectivity index (χ2v) is 6.76. The van der Waals surface area contributed by atoms with Crippen molar-refractivity contribution in [3.8, 4) is 0 Å². The Labute approximate surface area is 198 Å². The van der Waals surface area contributed by atoms with Gasteiger partial charge in [0.15, 0.2) is 6.29 Å². The largest absolute Gasteiger partial charge is 0.394 e. The van der Waals surface area contributed by atoms with Crippen LogP contribution in [0.25, 0.3) is 0 Å². The normalized spacial score (nSPS) is 12.5. The van der Waals surface area contributed by atoms with Crippen molar-refractivity contribution >= 4 is 0 Å². The Kier molecular flexibility index (Phi) is 29.2. The number of rotatable bonds is 29. The van der Waals surface area contributed by atoms with E-state index in [9.17, 15) is 5.11 Å². The summed E-state index contributed by atoms with van der Waals surface area (Å²) in [7, 11) is 0. The van der Waals surface area contributed by atoms with Gasteiger partial charge in [0.05, 0.1) is 112 Å². The number of hydrogen-bond donors (Lipinski definition) is 2. The summed E-state index contributed by atoms with van der Waals surface area (Å²) in [5, 5.41) is 18.1. The lowest BCUT2D eigenvalue weighted by atomic mass is 10.4. The maximum atomic E-state index is 9.51. The van der Waals surface area contributed by atoms with Crippen LogP contribution in [0.5, 0.6) is 0 Å². The average Bonchev–Trinajstić information content (AvgIpc) is 2.82. The Hall–Kier alpha value is -0.440. The molecule has 0 fully saturated rings. The van der Waals surface area contributed by atoms with E-state index in [1.165, 1.54) is 0 Å². The van der Waals surface area contributed by atoms with Crippen LogP contribution >= 0.6 is 0 Å². The molecular formula is C22H46O11. The molecule has 0 aliphatic heterocycles. The molecule has 0 saturated heterocycles. The molecule has 11 nitrogen and oxygen atoms in total. The van der Waals surface area contributed by atoms with Crippen LogP contribution in [0, 0.1) is 0 Å². The molecule has 0 amide bonds. The molecule has 33 heavy (non-hydrogen) atoms. The summed E-state index contributed by atoms with van der Waals surface area (Å²) in [5.41, 5.74) is 0. The van der Waals surface area contributed by atoms with E-state index < -0.39 is 6.29 Å². The van der Waals surface area contributed by atoms with Crippen LogP contribution in [0.4, 0.5) is 0 Å². The molecule has 0 spiro atoms. The van der Waals surface area contributed by atoms with Crippen molar-refractivity contribution in [3.63, 3.8) is 0 Å². The highest BCUT2D eigenvalue weighted by atomic mass is 16.6. The number of hydrogen-bond acceptors (Lipinski definition) is 11. The van der Waals surface area contributed by atoms with E-state index >= 15 is 0 Å². The van der Waals surface area contributed by atoms with E-state index in [2.05, 4.69) is 6.92 Å². The monoisotopic (exact) mass is 486 g/mol. The van der Waals surface area contributed by atoms with E-state index in [1.807, 2.05) is 0 Å². The van der Waals surface area contributed by atoms with E-state index in [1.54, 1.807) is 0 Å². The van der Waals surface area contributed by atoms with Crippen molar-refractivity contribution in [1.29, 1.82) is 0 Å². The topological polar surface area (TPSA) is 124 Å². The summed E-state index contributed by atoms with van der Waals surface area (Å²) >= 11 is 0. The molecule has 0 aliphatic carbocycles. The summed E-state index contributed by atoms with van der Waals surface area (Å²) in [6.07, 6.45) is 1.08. The molecule has 1 unspecified atom stereocenters. The summed E-state index contributed by atoms with van der Waals surface area (Å²) < 4.78 is 47.8. The van der Waals surface area contributed by atoms with Crippen molar-refractivity contribution in [2.75, 3.05) is 119 Å². The zero-order chi connectivity index (χ0) is 24.1. The molecule has 0 aromatic carbocycles. The Bertz CT molecular complexity index is 350. The highest BCUT2D eigenvalue weighted by molar-refractivity contribution is 4.41. The van der Waals surface area contributed by atoms with Gasteiger partial charge in [0.25, 0.3) is 0 Å². The minimum absolute atomic E-state index is 0.0264. The third kappa shape index (κ3) is 29.5. The van der Waals surface area contributed by atoms with Gasteiger partial charge in [-0.15, -0.1) is 0 Å². The molecule has 0 heterocycles. The molecule has 200 valence electrons. The second-order valence-electron chi connectivity index (χ2n) is 6.76. The lowest BCUT2D eigenvalue weighted by Crippen LogP contribution is -2.21. The summed E-state index contributed by atoms with van der Waals surface area (Å²) in [6, 6.07) is 0. The molecular weight excluding hydrogens is 440 g/mol. The van der Waals surface area contributed by atoms with Crippen LogP contribution in [0.1, 0.15) is 19.8 Å². The SMILES string of the molecule is CCCCOC(O)COCCOCCOCCOCCOCCOCCOCCOCCO. The van der Waals surface area contributed by atoms with Gasteiger partial charge in [-0.1, -0.05) is 13.3 Å². The number of aliphatic hydroxyl groups is 2. The van der Waals surface area contributed by atoms with Gasteiger partial charge in [-0.2, -0.15) is 0 Å². The zero-order valence-electron chi connectivity index (χ0n) is 20.3. The first-order valence-corrected chi connectivity index (χ1v) is 11.8. The first-order valence-electron chi connectivity index (χ1n) is 11.8. The van der Waals surface area contributed by atoms with E-state index in [0.717, 1.165) is 12.8 Å². The van der Waals surface area contributed by atoms with Crippen LogP contribution < -0.4 is 0 Å². The van der Waals surface area contributed by atoms with Gasteiger partial charge in [0.1, 0.15) is 0 Å². The lowest BCUT2D eigenvalue weighted by molar-refractivity contribution is -0.141. The lowest BCUT2D eigenvalue weighted by Gasteiger charge is -2.12. The van der Waals surface area contributed by atoms with E-state index in [-0.39, 0.29) is 13.2 Å². The van der Waals surface area contributed by atoms with Crippen LogP contribution in [-0.2, 0) is 42.6 Å². The van der Waals surface area contributed by atoms with Crippen LogP contribution in [0.2, 0.25) is 0 Å². The van der Waals surface area contributed by atoms with Crippen molar-refractivity contribution in [1.82, 2.24) is 0 Å². The zero-order valence-corrected chi connectivity index (χ0v) is 20.3. The molecule has 0 aromatic heterocycles. The van der Waals surface area contributed by atoms with Gasteiger partial charge in [-0.25, -0.2) is 0 Å². The number of unbranched alkanes of at least 4 members (excludes halogenated alkanes) is 1. The van der Waals surface area contributed by atoms with Gasteiger partial charge in [-0.05, 0) is 6.42 Å². The summed E-state index contributed by atoms with van der Waals surface area (Å²) in [5.74, 6) is 0. The van der Waals surface area contributed by atoms with Gasteiger partial charge in [0.2, 0.25) is 0 Å². The van der Waals surface area contributed by atoms with Crippen molar-refractivity contribution < 1.29 is 52.8 Å². The standard InChI is InChI=1S/C22H46O11/c1-2-3-5-33-22(24)21-32-20-19-31-18-17-30-16-15-29-14-13-28-12-11-27-10-9-26-8-7-25-6-4-23/h22-24H,2-21H2,1H3. The average molecular weight is 487 g/mol. The van der Waals surface area contributed by atoms with Gasteiger partial charge in [-0.3, -0.25) is 0 Å². The van der Waals surface area contributed by atoms with E-state index in [0.29, 0.717) is 106 Å². The van der Waals surface area contributed by atoms with Crippen LogP contribution in [-0.4, -0.2) is 135 Å². The summed E-state index contributed by atoms with van der Waals surface area (Å²) in [6.45, 7) is 9.91. The fraction of sp³-hybridized carbons (Fsp3) is 1.00. The van der Waals surface area contributed by atoms with Crippen molar-refractivity contribution in [2.24, 2.45) is 0 Å². The van der Waals surface area contributed by atoms with Crippen molar-refractivity contribution in [2.45, 2.75) is 26.1 Å². The first-order chi connectivity index (χ1) is 16.3. The maximum absolute atomic E-state index is 9.51. The molecule has 0 aliphatic rings. The Balaban J connectivity index is 3.05. The predicted molar refractivity (Wildman–Crippen MR) is 121 cm³/mol. The molecule has 0 saturated carbocycles. The van der Waals surface area contributed by atoms with Crippen LogP contribution in [0.3, 0.4) is 0 Å². The highest BCUT2D eigenvalue weighted by Crippen LogP contribution is 1.94. The quantitative estimate of drug-likeness (QED) is 0.112. The third-order valence-corrected chi connectivity index (χ3v) is 3.91. The van der Waals surface area contributed by atoms with Gasteiger partial charge < -0.3 is 52.8 Å². The van der Waals surface area contributed by atoms with Gasteiger partial charge >= 0.3 is 0 Å². The predicted octanol–water partition coefficient (Wildman–Crippen LogP) is 0.247. The minimum Gasteiger partial charge on any atom is -0.394 e. The van der Waals surface area contributed by atoms with Crippen LogP contribution in [0.15, 0.2) is 0 Å². The Morgan fingerprint density at radius 2 is 0.818 bits per heavy atom. The second kappa shape index (κ2) is 29.6. The molecule has 0 bridgehead atoms. The minimum atomic E-state index is -0.876. The molecule has 0 rings (SSSR count). The fourth-order valence-electron chi connectivity index (χ4n) is 2.20. The maximum Gasteiger partial charge on any atom is 0.178 e. The van der Waals surface area contributed by atoms with Crippen molar-refractivity contribution in [3.05, 3.63) is 0 Å². The molecule has 0 aromatic rings. The highest BCUT2D eigenvalue weighted by Gasteiger charge is 2.03. The Morgan fingerprint density at radius 1 is 0.485 bits per heavy atom. The summed E-state index contributed by atoms with van der Waals surface area (Å²) in [4.78, 5) is 0. The smallest absolute Gasteiger partial charge is 0.178 e. The fourth-order valence-corrected chi connectivity index (χ4v) is 2.20. The molecule has 2 N–H and O–H groups in total. The first kappa shape index (κ1) is 32.6. The Morgan fingerprint density at radius 3 is 1.15 bits per heavy atom. The third-order valence-electron chi connectivity index (χ3n) is 3.91. The van der Waals surface area contributed by atoms with Gasteiger partial charge in [0, 0.05) is 6.61 Å². The van der Waals surface area contributed by atoms with E-state index in [4.69, 9.17) is 47.7 Å². The molecule has 1 atom stereocenters. The molecule has 0 radical (unpaired) electrons. The number of ether oxygens (including phenoxy) is 9.